The van der Waals surface area contributed by atoms with Gasteiger partial charge < -0.3 is 9.84 Å². The molecule has 0 saturated carbocycles. The zero-order valence-corrected chi connectivity index (χ0v) is 7.63. The molecule has 0 aromatic heterocycles. The lowest BCUT2D eigenvalue weighted by Gasteiger charge is -2.27. The van der Waals surface area contributed by atoms with E-state index in [2.05, 4.69) is 0 Å². The van der Waals surface area contributed by atoms with Gasteiger partial charge in [-0.25, -0.2) is 0 Å². The summed E-state index contributed by atoms with van der Waals surface area (Å²) in [5.74, 6) is -1.28. The van der Waals surface area contributed by atoms with Crippen molar-refractivity contribution in [3.63, 3.8) is 0 Å². The quantitative estimate of drug-likeness (QED) is 0.687. The summed E-state index contributed by atoms with van der Waals surface area (Å²) in [5, 5.41) is 8.93. The van der Waals surface area contributed by atoms with Crippen molar-refractivity contribution in [3.8, 4) is 0 Å². The molecule has 2 atom stereocenters. The van der Waals surface area contributed by atoms with Crippen LogP contribution in [0.15, 0.2) is 11.8 Å². The standard InChI is InChI=1S/C9H14O3/c1-4-9(3)7(8(10)11)6(2)5-12-9/h5,7H,4H2,1-3H3,(H,10,11). The molecule has 0 saturated heterocycles. The maximum atomic E-state index is 10.9. The molecule has 0 aromatic rings. The van der Waals surface area contributed by atoms with Crippen molar-refractivity contribution in [2.45, 2.75) is 32.8 Å². The molecule has 0 aliphatic carbocycles. The third-order valence-corrected chi connectivity index (χ3v) is 2.53. The highest BCUT2D eigenvalue weighted by molar-refractivity contribution is 5.75. The van der Waals surface area contributed by atoms with Gasteiger partial charge in [-0.05, 0) is 25.8 Å². The van der Waals surface area contributed by atoms with Gasteiger partial charge in [-0.2, -0.15) is 0 Å². The first kappa shape index (κ1) is 9.10. The van der Waals surface area contributed by atoms with Crippen LogP contribution in [0.1, 0.15) is 27.2 Å². The molecule has 1 aliphatic rings. The van der Waals surface area contributed by atoms with Gasteiger partial charge >= 0.3 is 5.97 Å². The first-order valence-corrected chi connectivity index (χ1v) is 4.08. The highest BCUT2D eigenvalue weighted by atomic mass is 16.5. The van der Waals surface area contributed by atoms with Gasteiger partial charge in [0.15, 0.2) is 0 Å². The molecule has 12 heavy (non-hydrogen) atoms. The van der Waals surface area contributed by atoms with E-state index >= 15 is 0 Å². The second-order valence-electron chi connectivity index (χ2n) is 3.42. The van der Waals surface area contributed by atoms with E-state index < -0.39 is 17.5 Å². The Kier molecular flexibility index (Phi) is 2.13. The second kappa shape index (κ2) is 2.81. The molecular weight excluding hydrogens is 156 g/mol. The van der Waals surface area contributed by atoms with Crippen LogP contribution < -0.4 is 0 Å². The van der Waals surface area contributed by atoms with E-state index in [-0.39, 0.29) is 0 Å². The molecule has 0 bridgehead atoms. The first-order chi connectivity index (χ1) is 5.51. The molecule has 0 radical (unpaired) electrons. The smallest absolute Gasteiger partial charge is 0.314 e. The summed E-state index contributed by atoms with van der Waals surface area (Å²) in [4.78, 5) is 10.9. The Morgan fingerprint density at radius 1 is 1.83 bits per heavy atom. The number of ether oxygens (including phenoxy) is 1. The van der Waals surface area contributed by atoms with Crippen LogP contribution in [0.3, 0.4) is 0 Å². The van der Waals surface area contributed by atoms with Crippen LogP contribution in [0.25, 0.3) is 0 Å². The average Bonchev–Trinajstić information content (AvgIpc) is 2.28. The van der Waals surface area contributed by atoms with E-state index in [1.807, 2.05) is 13.8 Å². The van der Waals surface area contributed by atoms with Crippen LogP contribution >= 0.6 is 0 Å². The van der Waals surface area contributed by atoms with E-state index in [1.54, 1.807) is 13.2 Å². The molecule has 0 spiro atoms. The molecule has 1 heterocycles. The van der Waals surface area contributed by atoms with E-state index in [0.717, 1.165) is 5.57 Å². The van der Waals surface area contributed by atoms with Crippen molar-refractivity contribution in [2.24, 2.45) is 5.92 Å². The van der Waals surface area contributed by atoms with Gasteiger partial charge in [0, 0.05) is 0 Å². The highest BCUT2D eigenvalue weighted by Gasteiger charge is 2.44. The number of carboxylic acid groups (broad SMARTS) is 1. The second-order valence-corrected chi connectivity index (χ2v) is 3.42. The van der Waals surface area contributed by atoms with E-state index in [4.69, 9.17) is 9.84 Å². The van der Waals surface area contributed by atoms with Crippen molar-refractivity contribution in [2.75, 3.05) is 0 Å². The fraction of sp³-hybridized carbons (Fsp3) is 0.667. The van der Waals surface area contributed by atoms with Crippen molar-refractivity contribution < 1.29 is 14.6 Å². The minimum Gasteiger partial charge on any atom is -0.494 e. The van der Waals surface area contributed by atoms with E-state index in [9.17, 15) is 4.79 Å². The van der Waals surface area contributed by atoms with Crippen molar-refractivity contribution in [1.29, 1.82) is 0 Å². The van der Waals surface area contributed by atoms with Crippen LogP contribution in [0.5, 0.6) is 0 Å². The Bertz CT molecular complexity index is 232. The lowest BCUT2D eigenvalue weighted by Crippen LogP contribution is -2.37. The third kappa shape index (κ3) is 1.19. The molecule has 1 N–H and O–H groups in total. The normalized spacial score (nSPS) is 34.2. The number of aliphatic carboxylic acids is 1. The Morgan fingerprint density at radius 2 is 2.42 bits per heavy atom. The summed E-state index contributed by atoms with van der Waals surface area (Å²) in [5.41, 5.74) is 0.252. The lowest BCUT2D eigenvalue weighted by atomic mass is 9.84. The lowest BCUT2D eigenvalue weighted by molar-refractivity contribution is -0.146. The van der Waals surface area contributed by atoms with Gasteiger partial charge in [0.2, 0.25) is 0 Å². The Labute approximate surface area is 72.0 Å². The number of rotatable bonds is 2. The molecular formula is C9H14O3. The van der Waals surface area contributed by atoms with Crippen molar-refractivity contribution >= 4 is 5.97 Å². The number of hydrogen-bond donors (Lipinski definition) is 1. The third-order valence-electron chi connectivity index (χ3n) is 2.53. The summed E-state index contributed by atoms with van der Waals surface area (Å²) in [6.45, 7) is 5.56. The van der Waals surface area contributed by atoms with Gasteiger partial charge in [-0.1, -0.05) is 6.92 Å². The van der Waals surface area contributed by atoms with Gasteiger partial charge in [-0.3, -0.25) is 4.79 Å². The Morgan fingerprint density at radius 3 is 2.75 bits per heavy atom. The van der Waals surface area contributed by atoms with Crippen LogP contribution in [0, 0.1) is 5.92 Å². The fourth-order valence-corrected chi connectivity index (χ4v) is 1.59. The summed E-state index contributed by atoms with van der Waals surface area (Å²) >= 11 is 0. The number of carboxylic acids is 1. The maximum Gasteiger partial charge on any atom is 0.314 e. The van der Waals surface area contributed by atoms with Crippen LogP contribution in [0.2, 0.25) is 0 Å². The Hall–Kier alpha value is -0.990. The fourth-order valence-electron chi connectivity index (χ4n) is 1.59. The topological polar surface area (TPSA) is 46.5 Å². The largest absolute Gasteiger partial charge is 0.494 e. The predicted octanol–water partition coefficient (Wildman–Crippen LogP) is 1.79. The molecule has 3 nitrogen and oxygen atoms in total. The molecule has 0 fully saturated rings. The summed E-state index contributed by atoms with van der Waals surface area (Å²) in [6, 6.07) is 0. The molecule has 2 unspecified atom stereocenters. The first-order valence-electron chi connectivity index (χ1n) is 4.08. The van der Waals surface area contributed by atoms with Gasteiger partial charge in [-0.15, -0.1) is 0 Å². The summed E-state index contributed by atoms with van der Waals surface area (Å²) < 4.78 is 5.33. The molecule has 0 aromatic carbocycles. The highest BCUT2D eigenvalue weighted by Crippen LogP contribution is 2.37. The van der Waals surface area contributed by atoms with Crippen molar-refractivity contribution in [3.05, 3.63) is 11.8 Å². The van der Waals surface area contributed by atoms with Gasteiger partial charge in [0.05, 0.1) is 6.26 Å². The maximum absolute atomic E-state index is 10.9. The van der Waals surface area contributed by atoms with Crippen LogP contribution in [0.4, 0.5) is 0 Å². The molecule has 68 valence electrons. The number of hydrogen-bond acceptors (Lipinski definition) is 2. The molecule has 1 rings (SSSR count). The van der Waals surface area contributed by atoms with Crippen LogP contribution in [-0.4, -0.2) is 16.7 Å². The zero-order chi connectivity index (χ0) is 9.35. The zero-order valence-electron chi connectivity index (χ0n) is 7.63. The minimum atomic E-state index is -0.800. The summed E-state index contributed by atoms with van der Waals surface area (Å²) in [6.07, 6.45) is 2.26. The molecule has 0 amide bonds. The molecule has 3 heteroatoms. The van der Waals surface area contributed by atoms with Gasteiger partial charge in [0.25, 0.3) is 0 Å². The number of carbonyl (C=O) groups is 1. The SMILES string of the molecule is CCC1(C)OC=C(C)C1C(=O)O. The van der Waals surface area contributed by atoms with E-state index in [1.165, 1.54) is 0 Å². The minimum absolute atomic E-state index is 0.484. The monoisotopic (exact) mass is 170 g/mol. The van der Waals surface area contributed by atoms with E-state index in [0.29, 0.717) is 6.42 Å². The summed E-state index contributed by atoms with van der Waals surface area (Å²) in [7, 11) is 0. The molecule has 1 aliphatic heterocycles. The van der Waals surface area contributed by atoms with Crippen molar-refractivity contribution in [1.82, 2.24) is 0 Å². The van der Waals surface area contributed by atoms with Gasteiger partial charge in [0.1, 0.15) is 11.5 Å². The predicted molar refractivity (Wildman–Crippen MR) is 44.7 cm³/mol. The van der Waals surface area contributed by atoms with Crippen LogP contribution in [-0.2, 0) is 9.53 Å². The Balaban J connectivity index is 2.91. The average molecular weight is 170 g/mol.